The lowest BCUT2D eigenvalue weighted by molar-refractivity contribution is 0.590. The summed E-state index contributed by atoms with van der Waals surface area (Å²) in [5, 5.41) is 14.4. The van der Waals surface area contributed by atoms with Gasteiger partial charge in [0.05, 0.1) is 58.0 Å². The molecule has 0 saturated heterocycles. The van der Waals surface area contributed by atoms with Crippen LogP contribution in [0.1, 0.15) is 92.7 Å². The van der Waals surface area contributed by atoms with Crippen molar-refractivity contribution in [1.29, 1.82) is 0 Å². The number of para-hydroxylation sites is 2. The van der Waals surface area contributed by atoms with Crippen LogP contribution in [0.25, 0.3) is 164 Å². The largest absolute Gasteiger partial charge is 0.310 e. The van der Waals surface area contributed by atoms with Crippen molar-refractivity contribution < 1.29 is 13.7 Å². The third-order valence-corrected chi connectivity index (χ3v) is 21.3. The number of aromatic nitrogens is 4. The van der Waals surface area contributed by atoms with Crippen LogP contribution in [0.15, 0.2) is 255 Å². The van der Waals surface area contributed by atoms with Gasteiger partial charge in [0.1, 0.15) is 0 Å². The zero-order valence-corrected chi connectivity index (χ0v) is 54.3. The molecule has 0 saturated carbocycles. The summed E-state index contributed by atoms with van der Waals surface area (Å²) in [6.45, 7) is 19.8. The van der Waals surface area contributed by atoms with Gasteiger partial charge in [-0.2, -0.15) is 0 Å². The first kappa shape index (κ1) is 45.4. The van der Waals surface area contributed by atoms with E-state index < -0.39 is 43.0 Å². The van der Waals surface area contributed by atoms with Gasteiger partial charge in [-0.25, -0.2) is 0 Å². The Kier molecular flexibility index (Phi) is 9.05. The van der Waals surface area contributed by atoms with Crippen LogP contribution in [0.4, 0.5) is 0 Å². The quantitative estimate of drug-likeness (QED) is 0.157. The average Bonchev–Trinajstić information content (AvgIpc) is 1.52. The highest BCUT2D eigenvalue weighted by atomic mass is 15.1. The Morgan fingerprint density at radius 1 is 0.305 bits per heavy atom. The van der Waals surface area contributed by atoms with Gasteiger partial charge in [0, 0.05) is 76.3 Å². The fourth-order valence-corrected chi connectivity index (χ4v) is 16.8. The van der Waals surface area contributed by atoms with Crippen molar-refractivity contribution in [3.8, 4) is 39.3 Å². The fourth-order valence-electron chi connectivity index (χ4n) is 16.8. The van der Waals surface area contributed by atoms with Gasteiger partial charge in [0.2, 0.25) is 0 Å². The van der Waals surface area contributed by atoms with E-state index in [9.17, 15) is 8.22 Å². The van der Waals surface area contributed by atoms with Crippen molar-refractivity contribution in [2.75, 3.05) is 0 Å². The van der Waals surface area contributed by atoms with Gasteiger partial charge in [0.25, 0.3) is 6.71 Å². The van der Waals surface area contributed by atoms with E-state index in [4.69, 9.17) is 5.48 Å². The van der Waals surface area contributed by atoms with E-state index in [-0.39, 0.29) is 51.5 Å². The molecule has 0 bridgehead atoms. The van der Waals surface area contributed by atoms with E-state index in [0.29, 0.717) is 21.9 Å². The van der Waals surface area contributed by atoms with E-state index in [1.165, 1.54) is 16.7 Å². The molecule has 7 heterocycles. The lowest BCUT2D eigenvalue weighted by atomic mass is 9.34. The second kappa shape index (κ2) is 18.9. The minimum Gasteiger partial charge on any atom is -0.310 e. The van der Waals surface area contributed by atoms with E-state index in [1.807, 2.05) is 24.3 Å². The zero-order chi connectivity index (χ0) is 72.6. The van der Waals surface area contributed by atoms with Crippen molar-refractivity contribution in [2.24, 2.45) is 0 Å². The molecule has 0 atom stereocenters. The minimum atomic E-state index is -0.612. The second-order valence-electron chi connectivity index (χ2n) is 29.7. The Morgan fingerprint density at radius 3 is 1.37 bits per heavy atom. The number of hydrogen-bond acceptors (Lipinski definition) is 0. The first-order valence-corrected chi connectivity index (χ1v) is 33.1. The van der Waals surface area contributed by atoms with Crippen LogP contribution in [0, 0.1) is 0 Å². The van der Waals surface area contributed by atoms with Gasteiger partial charge in [-0.1, -0.05) is 238 Å². The van der Waals surface area contributed by atoms with E-state index in [0.717, 1.165) is 148 Å². The molecule has 0 aliphatic carbocycles. The van der Waals surface area contributed by atoms with Gasteiger partial charge in [0.15, 0.2) is 0 Å². The normalized spacial score (nSPS) is 14.8. The zero-order valence-electron chi connectivity index (χ0n) is 64.3. The Morgan fingerprint density at radius 2 is 0.758 bits per heavy atom. The molecular weight excluding hydrogens is 1150 g/mol. The smallest absolute Gasteiger partial charge is 0.252 e. The lowest BCUT2D eigenvalue weighted by Gasteiger charge is -2.35. The summed E-state index contributed by atoms with van der Waals surface area (Å²) in [7, 11) is 0. The summed E-state index contributed by atoms with van der Waals surface area (Å²) >= 11 is 0. The standard InChI is InChI=1S/C90H69BN4/c1-88(2,3)56-36-40-76-68(46-56)69-47-57(89(4,5)6)37-41-77(69)92(76)59-49-72-70-48-58(90(7,8)9)38-42-78(70)94-81-51-80-82(66-33-22-32-65-63-30-19-17-28-61(63)60-27-16-18-29-62(60)64-31-20-21-34-75(64)93(80)84(65)66)87-83(81)91(74(50-59)85(72)94)73-45-55(53-25-14-11-15-26-53)44-71-67-43-54(52-23-12-10-13-24-52)35-39-79(67)95(87)86(71)73/h10-51H,1-9H3/i10D,11D,12D,13D,14D,15D,23D,24D,25D,26D. The molecule has 95 heavy (non-hydrogen) atoms. The maximum Gasteiger partial charge on any atom is 0.252 e. The lowest BCUT2D eigenvalue weighted by Crippen LogP contribution is -2.59. The third-order valence-electron chi connectivity index (χ3n) is 21.3. The first-order valence-electron chi connectivity index (χ1n) is 38.1. The van der Waals surface area contributed by atoms with Crippen molar-refractivity contribution in [2.45, 2.75) is 78.6 Å². The van der Waals surface area contributed by atoms with Crippen molar-refractivity contribution in [3.05, 3.63) is 271 Å². The van der Waals surface area contributed by atoms with E-state index in [1.54, 1.807) is 0 Å². The Hall–Kier alpha value is -10.9. The predicted molar refractivity (Wildman–Crippen MR) is 408 cm³/mol. The molecule has 452 valence electrons. The number of rotatable bonds is 3. The molecule has 0 amide bonds. The molecule has 0 fully saturated rings. The van der Waals surface area contributed by atoms with Gasteiger partial charge < -0.3 is 18.1 Å². The van der Waals surface area contributed by atoms with Crippen LogP contribution in [-0.4, -0.2) is 24.8 Å². The van der Waals surface area contributed by atoms with Crippen molar-refractivity contribution in [3.63, 3.8) is 0 Å². The highest BCUT2D eigenvalue weighted by molar-refractivity contribution is 7.00. The maximum absolute atomic E-state index is 9.76. The molecule has 5 aromatic heterocycles. The molecule has 13 aromatic carbocycles. The Balaban J connectivity index is 1.05. The topological polar surface area (TPSA) is 19.2 Å². The van der Waals surface area contributed by atoms with E-state index in [2.05, 4.69) is 250 Å². The molecule has 0 radical (unpaired) electrons. The molecule has 0 unspecified atom stereocenters. The molecule has 20 rings (SSSR count). The molecule has 2 aliphatic rings. The van der Waals surface area contributed by atoms with Crippen LogP contribution in [0.3, 0.4) is 0 Å². The van der Waals surface area contributed by atoms with Crippen molar-refractivity contribution >= 4 is 148 Å². The second-order valence-corrected chi connectivity index (χ2v) is 29.7. The highest BCUT2D eigenvalue weighted by Crippen LogP contribution is 2.49. The summed E-state index contributed by atoms with van der Waals surface area (Å²) in [4.78, 5) is 0. The number of nitrogens with zero attached hydrogens (tertiary/aromatic N) is 4. The predicted octanol–water partition coefficient (Wildman–Crippen LogP) is 21.9. The molecule has 5 heteroatoms. The summed E-state index contributed by atoms with van der Waals surface area (Å²) in [6, 6.07) is 66.9. The van der Waals surface area contributed by atoms with Crippen LogP contribution in [0.5, 0.6) is 0 Å². The van der Waals surface area contributed by atoms with E-state index >= 15 is 0 Å². The summed E-state index contributed by atoms with van der Waals surface area (Å²) in [5.41, 5.74) is 18.6. The van der Waals surface area contributed by atoms with Gasteiger partial charge >= 0.3 is 0 Å². The summed E-state index contributed by atoms with van der Waals surface area (Å²) in [6.07, 6.45) is 0. The number of benzene rings is 13. The molecule has 0 spiro atoms. The molecule has 4 nitrogen and oxygen atoms in total. The van der Waals surface area contributed by atoms with Crippen LogP contribution in [-0.2, 0) is 16.2 Å². The SMILES string of the molecule is [2H]c1c([2H])c([2H])c(-c2ccc3c(c2)c2cc(-c4c([2H])c([2H])c([2H])c([2H])c4[2H])cc4c2n3-c2c3c(cc5c2c2cccc6c7ccccc7c7ccccc7c7ccccc7n5c62)-n2c5ccc(C(C)(C)C)cc5c5cc(-n6c7ccc(C(C)(C)C)cc7c7cc(C(C)(C)C)ccc76)cc(c52)B34)c([2H])c1[2H]. The Bertz CT molecular complexity index is 7040. The minimum absolute atomic E-state index is 0.0495. The number of hydrogen-bond donors (Lipinski definition) is 0. The molecule has 18 aromatic rings. The fraction of sp³-hybridized carbons (Fsp3) is 0.133. The third kappa shape index (κ3) is 7.50. The molecule has 0 N–H and O–H groups in total. The summed E-state index contributed by atoms with van der Waals surface area (Å²) in [5.74, 6) is 0. The van der Waals surface area contributed by atoms with Crippen LogP contribution in [0.2, 0.25) is 0 Å². The average molecular weight is 1230 g/mol. The first-order chi connectivity index (χ1) is 50.2. The number of fused-ring (bicyclic) bond motifs is 24. The van der Waals surface area contributed by atoms with Gasteiger partial charge in [-0.15, -0.1) is 0 Å². The van der Waals surface area contributed by atoms with Gasteiger partial charge in [-0.3, -0.25) is 0 Å². The van der Waals surface area contributed by atoms with Crippen LogP contribution < -0.4 is 16.4 Å². The van der Waals surface area contributed by atoms with Crippen LogP contribution >= 0.6 is 0 Å². The van der Waals surface area contributed by atoms with Crippen molar-refractivity contribution in [1.82, 2.24) is 18.1 Å². The summed E-state index contributed by atoms with van der Waals surface area (Å²) < 4.78 is 102. The molecular formula is C90H69BN4. The molecule has 2 aliphatic heterocycles. The van der Waals surface area contributed by atoms with Gasteiger partial charge in [-0.05, 0) is 172 Å². The monoisotopic (exact) mass is 1230 g/mol. The highest BCUT2D eigenvalue weighted by Gasteiger charge is 2.44. The maximum atomic E-state index is 9.76. The Labute approximate surface area is 566 Å².